The average molecular weight is 272 g/mol. The Kier molecular flexibility index (Phi) is 5.14. The molecule has 1 fully saturated rings. The molecule has 1 atom stereocenters. The Morgan fingerprint density at radius 2 is 2.40 bits per heavy atom. The Hall–Kier alpha value is -1.86. The zero-order valence-corrected chi connectivity index (χ0v) is 11.7. The van der Waals surface area contributed by atoms with E-state index in [0.29, 0.717) is 17.7 Å². The van der Waals surface area contributed by atoms with E-state index in [-0.39, 0.29) is 18.6 Å². The minimum atomic E-state index is -0.174. The van der Waals surface area contributed by atoms with Gasteiger partial charge >= 0.3 is 0 Å². The fourth-order valence-corrected chi connectivity index (χ4v) is 2.11. The first kappa shape index (κ1) is 14.5. The van der Waals surface area contributed by atoms with Crippen LogP contribution in [0.15, 0.2) is 18.3 Å². The number of hydrogen-bond donors (Lipinski definition) is 2. The topological polar surface area (TPSA) is 62.2 Å². The SMILES string of the molecule is CC(CC1CC1)NC(=O)c1ncccc1C#CCCO. The molecule has 1 aliphatic rings. The van der Waals surface area contributed by atoms with Crippen molar-refractivity contribution < 1.29 is 9.90 Å². The maximum absolute atomic E-state index is 12.2. The predicted molar refractivity (Wildman–Crippen MR) is 77.1 cm³/mol. The second kappa shape index (κ2) is 7.06. The van der Waals surface area contributed by atoms with E-state index in [9.17, 15) is 4.79 Å². The van der Waals surface area contributed by atoms with Crippen molar-refractivity contribution >= 4 is 5.91 Å². The van der Waals surface area contributed by atoms with Gasteiger partial charge < -0.3 is 10.4 Å². The van der Waals surface area contributed by atoms with Gasteiger partial charge in [0.2, 0.25) is 0 Å². The molecular weight excluding hydrogens is 252 g/mol. The highest BCUT2D eigenvalue weighted by atomic mass is 16.2. The lowest BCUT2D eigenvalue weighted by Gasteiger charge is -2.13. The third-order valence-electron chi connectivity index (χ3n) is 3.24. The van der Waals surface area contributed by atoms with Gasteiger partial charge in [0.1, 0.15) is 5.69 Å². The number of aliphatic hydroxyl groups excluding tert-OH is 1. The summed E-state index contributed by atoms with van der Waals surface area (Å²) in [4.78, 5) is 16.3. The van der Waals surface area contributed by atoms with Crippen LogP contribution in [0, 0.1) is 17.8 Å². The molecule has 0 aromatic carbocycles. The Balaban J connectivity index is 2.02. The number of rotatable bonds is 5. The second-order valence-corrected chi connectivity index (χ2v) is 5.23. The van der Waals surface area contributed by atoms with Crippen LogP contribution in [-0.2, 0) is 0 Å². The number of carbonyl (C=O) groups excluding carboxylic acids is 1. The van der Waals surface area contributed by atoms with Gasteiger partial charge in [0.05, 0.1) is 12.2 Å². The molecule has 1 aromatic rings. The summed E-state index contributed by atoms with van der Waals surface area (Å²) in [6, 6.07) is 3.70. The van der Waals surface area contributed by atoms with Crippen molar-refractivity contribution in [2.24, 2.45) is 5.92 Å². The van der Waals surface area contributed by atoms with Crippen molar-refractivity contribution in [3.8, 4) is 11.8 Å². The normalized spacial score (nSPS) is 15.1. The van der Waals surface area contributed by atoms with Gasteiger partial charge in [-0.2, -0.15) is 0 Å². The van der Waals surface area contributed by atoms with Crippen LogP contribution in [-0.4, -0.2) is 28.6 Å². The molecule has 1 aromatic heterocycles. The summed E-state index contributed by atoms with van der Waals surface area (Å²) in [5.74, 6) is 6.31. The Morgan fingerprint density at radius 1 is 1.60 bits per heavy atom. The fraction of sp³-hybridized carbons (Fsp3) is 0.500. The van der Waals surface area contributed by atoms with E-state index in [0.717, 1.165) is 12.3 Å². The van der Waals surface area contributed by atoms with E-state index in [2.05, 4.69) is 22.1 Å². The van der Waals surface area contributed by atoms with Crippen LogP contribution in [0.5, 0.6) is 0 Å². The third-order valence-corrected chi connectivity index (χ3v) is 3.24. The van der Waals surface area contributed by atoms with Gasteiger partial charge in [-0.3, -0.25) is 4.79 Å². The Morgan fingerprint density at radius 3 is 3.10 bits per heavy atom. The molecule has 20 heavy (non-hydrogen) atoms. The summed E-state index contributed by atoms with van der Waals surface area (Å²) >= 11 is 0. The lowest BCUT2D eigenvalue weighted by Crippen LogP contribution is -2.33. The number of nitrogens with one attached hydrogen (secondary N) is 1. The van der Waals surface area contributed by atoms with Crippen LogP contribution < -0.4 is 5.32 Å². The largest absolute Gasteiger partial charge is 0.395 e. The van der Waals surface area contributed by atoms with Crippen LogP contribution in [0.4, 0.5) is 0 Å². The van der Waals surface area contributed by atoms with Crippen molar-refractivity contribution in [2.75, 3.05) is 6.61 Å². The van der Waals surface area contributed by atoms with E-state index in [4.69, 9.17) is 5.11 Å². The van der Waals surface area contributed by atoms with Crippen molar-refractivity contribution in [2.45, 2.75) is 38.6 Å². The highest BCUT2D eigenvalue weighted by Crippen LogP contribution is 2.33. The van der Waals surface area contributed by atoms with Gasteiger partial charge in [-0.1, -0.05) is 24.7 Å². The number of nitrogens with zero attached hydrogens (tertiary/aromatic N) is 1. The smallest absolute Gasteiger partial charge is 0.271 e. The van der Waals surface area contributed by atoms with E-state index in [1.807, 2.05) is 6.92 Å². The van der Waals surface area contributed by atoms with Gasteiger partial charge in [-0.05, 0) is 31.4 Å². The fourth-order valence-electron chi connectivity index (χ4n) is 2.11. The molecule has 4 nitrogen and oxygen atoms in total. The molecule has 1 aliphatic carbocycles. The maximum atomic E-state index is 12.2. The first-order chi connectivity index (χ1) is 9.70. The number of carbonyl (C=O) groups is 1. The molecule has 1 saturated carbocycles. The quantitative estimate of drug-likeness (QED) is 0.802. The lowest BCUT2D eigenvalue weighted by atomic mass is 10.1. The zero-order valence-electron chi connectivity index (χ0n) is 11.7. The molecule has 4 heteroatoms. The highest BCUT2D eigenvalue weighted by Gasteiger charge is 2.24. The van der Waals surface area contributed by atoms with Crippen molar-refractivity contribution in [3.05, 3.63) is 29.6 Å². The van der Waals surface area contributed by atoms with Gasteiger partial charge in [0.25, 0.3) is 5.91 Å². The lowest BCUT2D eigenvalue weighted by molar-refractivity contribution is 0.0932. The van der Waals surface area contributed by atoms with Crippen LogP contribution in [0.2, 0.25) is 0 Å². The second-order valence-electron chi connectivity index (χ2n) is 5.23. The summed E-state index contributed by atoms with van der Waals surface area (Å²) in [7, 11) is 0. The van der Waals surface area contributed by atoms with E-state index in [1.54, 1.807) is 18.3 Å². The summed E-state index contributed by atoms with van der Waals surface area (Å²) in [6.45, 7) is 2.05. The molecule has 1 unspecified atom stereocenters. The van der Waals surface area contributed by atoms with E-state index in [1.165, 1.54) is 12.8 Å². The molecule has 2 rings (SSSR count). The van der Waals surface area contributed by atoms with Gasteiger partial charge in [-0.15, -0.1) is 0 Å². The molecule has 0 saturated heterocycles. The number of hydrogen-bond acceptors (Lipinski definition) is 3. The Bertz CT molecular complexity index is 527. The number of aromatic nitrogens is 1. The summed E-state index contributed by atoms with van der Waals surface area (Å²) in [5.41, 5.74) is 0.970. The molecule has 2 N–H and O–H groups in total. The number of aliphatic hydroxyl groups is 1. The minimum Gasteiger partial charge on any atom is -0.395 e. The summed E-state index contributed by atoms with van der Waals surface area (Å²) in [6.07, 6.45) is 5.58. The van der Waals surface area contributed by atoms with Gasteiger partial charge in [0, 0.05) is 18.7 Å². The van der Waals surface area contributed by atoms with Gasteiger partial charge in [0.15, 0.2) is 0 Å². The summed E-state index contributed by atoms with van der Waals surface area (Å²) in [5, 5.41) is 11.7. The highest BCUT2D eigenvalue weighted by molar-refractivity contribution is 5.94. The van der Waals surface area contributed by atoms with E-state index < -0.39 is 0 Å². The van der Waals surface area contributed by atoms with E-state index >= 15 is 0 Å². The average Bonchev–Trinajstić information content (AvgIpc) is 3.23. The third kappa shape index (κ3) is 4.36. The predicted octanol–water partition coefficient (Wildman–Crippen LogP) is 1.73. The molecule has 1 heterocycles. The molecule has 0 bridgehead atoms. The molecule has 0 radical (unpaired) electrons. The van der Waals surface area contributed by atoms with Crippen molar-refractivity contribution in [1.29, 1.82) is 0 Å². The van der Waals surface area contributed by atoms with Gasteiger partial charge in [-0.25, -0.2) is 4.98 Å². The number of pyridine rings is 1. The first-order valence-corrected chi connectivity index (χ1v) is 7.06. The van der Waals surface area contributed by atoms with Crippen LogP contribution in [0.3, 0.4) is 0 Å². The molecule has 0 spiro atoms. The molecule has 1 amide bonds. The first-order valence-electron chi connectivity index (χ1n) is 7.06. The zero-order chi connectivity index (χ0) is 14.4. The molecule has 106 valence electrons. The van der Waals surface area contributed by atoms with Crippen molar-refractivity contribution in [3.63, 3.8) is 0 Å². The van der Waals surface area contributed by atoms with Crippen LogP contribution in [0.1, 0.15) is 48.7 Å². The standard InChI is InChI=1S/C16H20N2O2/c1-12(11-13-7-8-13)18-16(20)15-14(5-2-3-10-19)6-4-9-17-15/h4,6,9,12-13,19H,3,7-8,10-11H2,1H3,(H,18,20). The maximum Gasteiger partial charge on any atom is 0.271 e. The Labute approximate surface area is 119 Å². The molecule has 0 aliphatic heterocycles. The number of amides is 1. The van der Waals surface area contributed by atoms with Crippen molar-refractivity contribution in [1.82, 2.24) is 10.3 Å². The minimum absolute atomic E-state index is 0.0210. The van der Waals surface area contributed by atoms with Crippen LogP contribution >= 0.6 is 0 Å². The van der Waals surface area contributed by atoms with Crippen LogP contribution in [0.25, 0.3) is 0 Å². The summed E-state index contributed by atoms with van der Waals surface area (Å²) < 4.78 is 0. The monoisotopic (exact) mass is 272 g/mol. The molecular formula is C16H20N2O2.